The number of hydrogen-bond acceptors (Lipinski definition) is 10. The summed E-state index contributed by atoms with van der Waals surface area (Å²) in [5.41, 5.74) is 5.94. The molecule has 0 amide bonds. The molecule has 10 nitrogen and oxygen atoms in total. The Hall–Kier alpha value is -5.49. The molecule has 3 unspecified atom stereocenters. The van der Waals surface area contributed by atoms with Gasteiger partial charge in [-0.1, -0.05) is 49.4 Å². The SMILES string of the molecule is CC1c2cc(OOCc3ccc4cc(OCCCCOCC5CO5)ccc4c3)ccc2-c2ccc(OC(=O)c3ccc4cc(OCCCCOCC5CO5)ccc4c3)cc21. The fraction of sp³-hybridized carbons (Fsp3) is 0.340. The lowest BCUT2D eigenvalue weighted by Crippen LogP contribution is -2.08. The van der Waals surface area contributed by atoms with Crippen molar-refractivity contribution in [1.82, 2.24) is 0 Å². The van der Waals surface area contributed by atoms with Crippen LogP contribution < -0.4 is 19.1 Å². The summed E-state index contributed by atoms with van der Waals surface area (Å²) in [5.74, 6) is 2.46. The van der Waals surface area contributed by atoms with Gasteiger partial charge >= 0.3 is 5.97 Å². The van der Waals surface area contributed by atoms with Crippen LogP contribution in [0.3, 0.4) is 0 Å². The molecule has 0 spiro atoms. The van der Waals surface area contributed by atoms with Gasteiger partial charge in [0.1, 0.15) is 36.1 Å². The molecule has 0 bridgehead atoms. The lowest BCUT2D eigenvalue weighted by Gasteiger charge is -2.11. The molecular weight excluding hydrogens is 761 g/mol. The van der Waals surface area contributed by atoms with Crippen LogP contribution in [0.1, 0.15) is 65.6 Å². The van der Waals surface area contributed by atoms with Crippen LogP contribution in [-0.4, -0.2) is 71.0 Å². The Morgan fingerprint density at radius 2 is 1.08 bits per heavy atom. The number of esters is 1. The molecular formula is C50H50O10. The van der Waals surface area contributed by atoms with Crippen molar-refractivity contribution >= 4 is 27.5 Å². The molecule has 2 saturated heterocycles. The summed E-state index contributed by atoms with van der Waals surface area (Å²) >= 11 is 0. The van der Waals surface area contributed by atoms with Gasteiger partial charge in [0, 0.05) is 19.1 Å². The Morgan fingerprint density at radius 3 is 1.72 bits per heavy atom. The predicted molar refractivity (Wildman–Crippen MR) is 228 cm³/mol. The van der Waals surface area contributed by atoms with Crippen molar-refractivity contribution in [2.75, 3.05) is 52.9 Å². The highest BCUT2D eigenvalue weighted by atomic mass is 17.2. The van der Waals surface area contributed by atoms with E-state index in [1.54, 1.807) is 6.07 Å². The lowest BCUT2D eigenvalue weighted by atomic mass is 9.99. The second-order valence-corrected chi connectivity index (χ2v) is 15.7. The summed E-state index contributed by atoms with van der Waals surface area (Å²) in [6.07, 6.45) is 4.37. The van der Waals surface area contributed by atoms with Gasteiger partial charge in [-0.15, -0.1) is 0 Å². The van der Waals surface area contributed by atoms with Gasteiger partial charge in [-0.25, -0.2) is 4.79 Å². The number of ether oxygens (including phenoxy) is 7. The lowest BCUT2D eigenvalue weighted by molar-refractivity contribution is -0.217. The molecule has 9 rings (SSSR count). The van der Waals surface area contributed by atoms with Crippen LogP contribution in [0.15, 0.2) is 109 Å². The number of benzene rings is 6. The minimum atomic E-state index is -0.405. The van der Waals surface area contributed by atoms with Crippen molar-refractivity contribution in [3.63, 3.8) is 0 Å². The molecule has 0 aromatic heterocycles. The molecule has 3 aliphatic rings. The zero-order valence-electron chi connectivity index (χ0n) is 33.9. The predicted octanol–water partition coefficient (Wildman–Crippen LogP) is 10.0. The zero-order chi connectivity index (χ0) is 40.7. The first-order valence-corrected chi connectivity index (χ1v) is 21.0. The highest BCUT2D eigenvalue weighted by molar-refractivity contribution is 5.97. The third-order valence-electron chi connectivity index (χ3n) is 11.1. The molecule has 0 N–H and O–H groups in total. The average Bonchev–Trinajstić information content (AvgIpc) is 4.22. The molecule has 310 valence electrons. The molecule has 2 heterocycles. The van der Waals surface area contributed by atoms with Crippen molar-refractivity contribution in [3.8, 4) is 34.1 Å². The van der Waals surface area contributed by atoms with Crippen molar-refractivity contribution in [2.45, 2.75) is 57.3 Å². The van der Waals surface area contributed by atoms with Crippen molar-refractivity contribution in [2.24, 2.45) is 0 Å². The van der Waals surface area contributed by atoms with Crippen LogP contribution in [0, 0.1) is 0 Å². The topological polar surface area (TPSA) is 107 Å². The van der Waals surface area contributed by atoms with E-state index in [0.29, 0.717) is 68.9 Å². The smallest absolute Gasteiger partial charge is 0.343 e. The van der Waals surface area contributed by atoms with Crippen LogP contribution in [-0.2, 0) is 30.4 Å². The Labute approximate surface area is 350 Å². The van der Waals surface area contributed by atoms with E-state index in [-0.39, 0.29) is 5.92 Å². The summed E-state index contributed by atoms with van der Waals surface area (Å²) in [5, 5.41) is 4.14. The van der Waals surface area contributed by atoms with Crippen LogP contribution in [0.2, 0.25) is 0 Å². The van der Waals surface area contributed by atoms with Gasteiger partial charge in [0.25, 0.3) is 0 Å². The van der Waals surface area contributed by atoms with Gasteiger partial charge in [-0.3, -0.25) is 0 Å². The summed E-state index contributed by atoms with van der Waals surface area (Å²) in [6.45, 7) is 8.19. The van der Waals surface area contributed by atoms with Gasteiger partial charge in [0.15, 0.2) is 5.75 Å². The molecule has 0 radical (unpaired) electrons. The largest absolute Gasteiger partial charge is 0.494 e. The summed E-state index contributed by atoms with van der Waals surface area (Å²) < 4.78 is 39.4. The fourth-order valence-electron chi connectivity index (χ4n) is 7.55. The second-order valence-electron chi connectivity index (χ2n) is 15.7. The molecule has 10 heteroatoms. The van der Waals surface area contributed by atoms with Crippen LogP contribution in [0.5, 0.6) is 23.0 Å². The number of rotatable bonds is 22. The van der Waals surface area contributed by atoms with E-state index in [2.05, 4.69) is 37.3 Å². The third kappa shape index (κ3) is 10.3. The average molecular weight is 811 g/mol. The molecule has 2 fully saturated rings. The first-order valence-electron chi connectivity index (χ1n) is 21.0. The van der Waals surface area contributed by atoms with Crippen LogP contribution in [0.4, 0.5) is 0 Å². The molecule has 2 aliphatic heterocycles. The van der Waals surface area contributed by atoms with E-state index in [9.17, 15) is 4.79 Å². The van der Waals surface area contributed by atoms with E-state index < -0.39 is 5.97 Å². The minimum absolute atomic E-state index is 0.0703. The molecule has 6 aromatic rings. The van der Waals surface area contributed by atoms with Crippen molar-refractivity contribution in [1.29, 1.82) is 0 Å². The van der Waals surface area contributed by atoms with Gasteiger partial charge in [0.2, 0.25) is 0 Å². The summed E-state index contributed by atoms with van der Waals surface area (Å²) in [6, 6.07) is 35.7. The van der Waals surface area contributed by atoms with Crippen molar-refractivity contribution in [3.05, 3.63) is 131 Å². The van der Waals surface area contributed by atoms with E-state index in [1.165, 1.54) is 0 Å². The van der Waals surface area contributed by atoms with Gasteiger partial charge in [0.05, 0.1) is 45.2 Å². The maximum Gasteiger partial charge on any atom is 0.343 e. The normalized spacial score (nSPS) is 17.3. The molecule has 6 aromatic carbocycles. The Balaban J connectivity index is 0.737. The highest BCUT2D eigenvalue weighted by Crippen LogP contribution is 2.47. The third-order valence-corrected chi connectivity index (χ3v) is 11.1. The highest BCUT2D eigenvalue weighted by Gasteiger charge is 2.27. The van der Waals surface area contributed by atoms with Gasteiger partial charge in [-0.2, -0.15) is 4.89 Å². The monoisotopic (exact) mass is 810 g/mol. The standard InChI is InChI=1S/C50H50O10/c1-33-48-26-42(59-50(51)39-9-8-38-25-41(13-11-36(38)23-39)55-21-5-3-19-53-30-45-32-57-45)14-16-46(48)47-17-15-43(27-49(33)47)60-58-28-34-6-7-37-24-40(12-10-35(37)22-34)54-20-4-2-18-52-29-44-31-56-44/h6-17,22-27,33,44-45H,2-5,18-21,28-32H2,1H3. The first kappa shape index (κ1) is 39.9. The fourth-order valence-corrected chi connectivity index (χ4v) is 7.55. The molecule has 60 heavy (non-hydrogen) atoms. The minimum Gasteiger partial charge on any atom is -0.494 e. The van der Waals surface area contributed by atoms with Crippen LogP contribution in [0.25, 0.3) is 32.7 Å². The number of hydrogen-bond donors (Lipinski definition) is 0. The van der Waals surface area contributed by atoms with E-state index in [0.717, 1.165) is 106 Å². The maximum atomic E-state index is 13.3. The van der Waals surface area contributed by atoms with Crippen LogP contribution >= 0.6 is 0 Å². The van der Waals surface area contributed by atoms with Crippen molar-refractivity contribution < 1.29 is 47.7 Å². The van der Waals surface area contributed by atoms with E-state index >= 15 is 0 Å². The first-order chi connectivity index (χ1) is 29.5. The molecule has 0 saturated carbocycles. The summed E-state index contributed by atoms with van der Waals surface area (Å²) in [4.78, 5) is 24.8. The van der Waals surface area contributed by atoms with E-state index in [1.807, 2.05) is 72.8 Å². The number of carbonyl (C=O) groups is 1. The Morgan fingerprint density at radius 1 is 0.567 bits per heavy atom. The second kappa shape index (κ2) is 18.8. The van der Waals surface area contributed by atoms with E-state index in [4.69, 9.17) is 42.9 Å². The van der Waals surface area contributed by atoms with Gasteiger partial charge in [-0.05, 0) is 142 Å². The Kier molecular flexibility index (Phi) is 12.5. The maximum absolute atomic E-state index is 13.3. The number of carbonyl (C=O) groups excluding carboxylic acids is 1. The molecule has 1 aliphatic carbocycles. The summed E-state index contributed by atoms with van der Waals surface area (Å²) in [7, 11) is 0. The van der Waals surface area contributed by atoms with Gasteiger partial charge < -0.3 is 38.0 Å². The number of fused-ring (bicyclic) bond motifs is 5. The number of epoxide rings is 2. The Bertz CT molecular complexity index is 2440. The molecule has 3 atom stereocenters. The number of unbranched alkanes of at least 4 members (excludes halogenated alkanes) is 2. The zero-order valence-corrected chi connectivity index (χ0v) is 33.9. The quantitative estimate of drug-likeness (QED) is 0.0164.